The Labute approximate surface area is 145 Å². The molecular formula is C18H19N3O4. The summed E-state index contributed by atoms with van der Waals surface area (Å²) in [5.74, 6) is -1.81. The average molecular weight is 341 g/mol. The smallest absolute Gasteiger partial charge is 0.336 e. The summed E-state index contributed by atoms with van der Waals surface area (Å²) in [5, 5.41) is 5.63. The lowest BCUT2D eigenvalue weighted by Crippen LogP contribution is -2.67. The van der Waals surface area contributed by atoms with Gasteiger partial charge in [-0.1, -0.05) is 24.3 Å². The molecule has 4 rings (SSSR count). The third-order valence-corrected chi connectivity index (χ3v) is 5.22. The van der Waals surface area contributed by atoms with Gasteiger partial charge in [-0.25, -0.2) is 9.59 Å². The van der Waals surface area contributed by atoms with Crippen LogP contribution in [0.3, 0.4) is 0 Å². The first-order valence-corrected chi connectivity index (χ1v) is 8.36. The van der Waals surface area contributed by atoms with E-state index >= 15 is 0 Å². The molecule has 0 radical (unpaired) electrons. The van der Waals surface area contributed by atoms with Gasteiger partial charge in [0.15, 0.2) is 0 Å². The van der Waals surface area contributed by atoms with E-state index in [1.54, 1.807) is 4.90 Å². The molecule has 1 aromatic rings. The average Bonchev–Trinajstić information content (AvgIpc) is 2.95. The van der Waals surface area contributed by atoms with E-state index < -0.39 is 30.0 Å². The Kier molecular flexibility index (Phi) is 3.52. The van der Waals surface area contributed by atoms with Crippen LogP contribution in [0.1, 0.15) is 24.0 Å². The number of carbonyl (C=O) groups is 3. The summed E-state index contributed by atoms with van der Waals surface area (Å²) >= 11 is 0. The highest BCUT2D eigenvalue weighted by Gasteiger charge is 2.53. The van der Waals surface area contributed by atoms with Crippen molar-refractivity contribution in [3.63, 3.8) is 0 Å². The number of imide groups is 1. The first-order chi connectivity index (χ1) is 12.0. The van der Waals surface area contributed by atoms with E-state index in [-0.39, 0.29) is 12.5 Å². The number of ether oxygens (including phenoxy) is 1. The van der Waals surface area contributed by atoms with Crippen molar-refractivity contribution in [2.45, 2.75) is 25.9 Å². The first kappa shape index (κ1) is 15.7. The van der Waals surface area contributed by atoms with Crippen LogP contribution in [0, 0.1) is 12.8 Å². The number of fused-ring (bicyclic) bond motifs is 1. The molecule has 7 nitrogen and oxygen atoms in total. The quantitative estimate of drug-likeness (QED) is 0.784. The monoisotopic (exact) mass is 341 g/mol. The van der Waals surface area contributed by atoms with Crippen molar-refractivity contribution in [2.24, 2.45) is 5.92 Å². The van der Waals surface area contributed by atoms with E-state index in [1.807, 2.05) is 38.1 Å². The lowest BCUT2D eigenvalue weighted by atomic mass is 9.73. The molecule has 0 spiro atoms. The van der Waals surface area contributed by atoms with E-state index in [2.05, 4.69) is 10.6 Å². The number of carbonyl (C=O) groups excluding carboxylic acids is 3. The minimum absolute atomic E-state index is 0.146. The first-order valence-electron chi connectivity index (χ1n) is 8.36. The molecule has 7 heteroatoms. The summed E-state index contributed by atoms with van der Waals surface area (Å²) in [5.41, 5.74) is 3.06. The zero-order valence-electron chi connectivity index (χ0n) is 14.0. The van der Waals surface area contributed by atoms with Crippen molar-refractivity contribution in [1.82, 2.24) is 15.5 Å². The van der Waals surface area contributed by atoms with Gasteiger partial charge in [0.25, 0.3) is 0 Å². The number of rotatable bonds is 2. The molecule has 3 atom stereocenters. The highest BCUT2D eigenvalue weighted by Crippen LogP contribution is 2.44. The Morgan fingerprint density at radius 3 is 2.72 bits per heavy atom. The van der Waals surface area contributed by atoms with E-state index in [0.29, 0.717) is 17.8 Å². The van der Waals surface area contributed by atoms with Gasteiger partial charge in [-0.05, 0) is 25.0 Å². The molecule has 1 saturated heterocycles. The summed E-state index contributed by atoms with van der Waals surface area (Å²) in [7, 11) is 0. The number of amides is 3. The molecule has 0 saturated carbocycles. The lowest BCUT2D eigenvalue weighted by molar-refractivity contribution is -0.136. The lowest BCUT2D eigenvalue weighted by Gasteiger charge is -2.46. The van der Waals surface area contributed by atoms with Gasteiger partial charge in [-0.2, -0.15) is 0 Å². The van der Waals surface area contributed by atoms with Crippen LogP contribution in [0.15, 0.2) is 35.5 Å². The maximum absolute atomic E-state index is 12.7. The van der Waals surface area contributed by atoms with Crippen molar-refractivity contribution in [2.75, 3.05) is 13.2 Å². The molecule has 3 aliphatic rings. The molecule has 3 aliphatic heterocycles. The minimum atomic E-state index is -0.594. The fourth-order valence-electron chi connectivity index (χ4n) is 4.06. The normalized spacial score (nSPS) is 28.2. The summed E-state index contributed by atoms with van der Waals surface area (Å²) in [6, 6.07) is 7.28. The Hall–Kier alpha value is -2.83. The predicted octanol–water partition coefficient (Wildman–Crippen LogP) is 1.01. The van der Waals surface area contributed by atoms with Gasteiger partial charge >= 0.3 is 12.0 Å². The minimum Gasteiger partial charge on any atom is -0.456 e. The number of benzene rings is 1. The van der Waals surface area contributed by atoms with Gasteiger partial charge in [0.05, 0.1) is 17.2 Å². The second kappa shape index (κ2) is 5.61. The van der Waals surface area contributed by atoms with Gasteiger partial charge in [0, 0.05) is 12.5 Å². The highest BCUT2D eigenvalue weighted by atomic mass is 16.5. The molecular weight excluding hydrogens is 322 g/mol. The summed E-state index contributed by atoms with van der Waals surface area (Å²) < 4.78 is 5.22. The SMILES string of the molecule is CCN1C(=O)NC(=O)C2C(c3ccccc3C)C3=C(COC3=O)NC21. The second-order valence-corrected chi connectivity index (χ2v) is 6.50. The molecule has 0 aliphatic carbocycles. The Balaban J connectivity index is 1.90. The molecule has 1 aromatic carbocycles. The Bertz CT molecular complexity index is 816. The van der Waals surface area contributed by atoms with Crippen LogP contribution in [0.25, 0.3) is 0 Å². The number of cyclic esters (lactones) is 1. The van der Waals surface area contributed by atoms with Crippen LogP contribution in [0.5, 0.6) is 0 Å². The van der Waals surface area contributed by atoms with Crippen LogP contribution >= 0.6 is 0 Å². The molecule has 130 valence electrons. The van der Waals surface area contributed by atoms with Crippen molar-refractivity contribution >= 4 is 17.9 Å². The summed E-state index contributed by atoms with van der Waals surface area (Å²) in [4.78, 5) is 38.9. The zero-order chi connectivity index (χ0) is 17.7. The van der Waals surface area contributed by atoms with Crippen molar-refractivity contribution in [1.29, 1.82) is 0 Å². The maximum atomic E-state index is 12.7. The fourth-order valence-corrected chi connectivity index (χ4v) is 4.06. The highest BCUT2D eigenvalue weighted by molar-refractivity contribution is 6.02. The van der Waals surface area contributed by atoms with E-state index in [9.17, 15) is 14.4 Å². The van der Waals surface area contributed by atoms with Gasteiger partial charge < -0.3 is 15.0 Å². The van der Waals surface area contributed by atoms with Gasteiger partial charge in [-0.15, -0.1) is 0 Å². The number of aryl methyl sites for hydroxylation is 1. The van der Waals surface area contributed by atoms with E-state index in [1.165, 1.54) is 0 Å². The summed E-state index contributed by atoms with van der Waals surface area (Å²) in [6.07, 6.45) is -0.496. The number of nitrogens with zero attached hydrogens (tertiary/aromatic N) is 1. The fraction of sp³-hybridized carbons (Fsp3) is 0.389. The predicted molar refractivity (Wildman–Crippen MR) is 88.2 cm³/mol. The van der Waals surface area contributed by atoms with Crippen molar-refractivity contribution < 1.29 is 19.1 Å². The van der Waals surface area contributed by atoms with Crippen LogP contribution in [0.2, 0.25) is 0 Å². The van der Waals surface area contributed by atoms with Crippen LogP contribution < -0.4 is 10.6 Å². The molecule has 3 amide bonds. The van der Waals surface area contributed by atoms with E-state index in [4.69, 9.17) is 4.74 Å². The van der Waals surface area contributed by atoms with Crippen molar-refractivity contribution in [3.05, 3.63) is 46.7 Å². The zero-order valence-corrected chi connectivity index (χ0v) is 14.0. The number of nitrogens with one attached hydrogen (secondary N) is 2. The largest absolute Gasteiger partial charge is 0.456 e. The van der Waals surface area contributed by atoms with Crippen LogP contribution in [-0.4, -0.2) is 42.1 Å². The molecule has 3 heterocycles. The molecule has 1 fully saturated rings. The third kappa shape index (κ3) is 2.22. The number of hydrogen-bond donors (Lipinski definition) is 2. The number of hydrogen-bond acceptors (Lipinski definition) is 5. The topological polar surface area (TPSA) is 87.7 Å². The van der Waals surface area contributed by atoms with E-state index in [0.717, 1.165) is 11.1 Å². The van der Waals surface area contributed by atoms with Gasteiger partial charge in [0.1, 0.15) is 12.8 Å². The molecule has 25 heavy (non-hydrogen) atoms. The standard InChI is InChI=1S/C18H19N3O4/c1-3-21-15-14(16(22)20-18(21)24)12(10-7-5-4-6-9(10)2)13-11(19-15)8-25-17(13)23/h4-7,12,14-15,19H,3,8H2,1-2H3,(H,20,22,24). The molecule has 2 N–H and O–H groups in total. The molecule has 0 aromatic heterocycles. The Morgan fingerprint density at radius 1 is 1.24 bits per heavy atom. The Morgan fingerprint density at radius 2 is 2.00 bits per heavy atom. The molecule has 3 unspecified atom stereocenters. The van der Waals surface area contributed by atoms with Crippen LogP contribution in [-0.2, 0) is 14.3 Å². The van der Waals surface area contributed by atoms with Crippen molar-refractivity contribution in [3.8, 4) is 0 Å². The van der Waals surface area contributed by atoms with Gasteiger partial charge in [0.2, 0.25) is 5.91 Å². The second-order valence-electron chi connectivity index (χ2n) is 6.50. The third-order valence-electron chi connectivity index (χ3n) is 5.22. The maximum Gasteiger partial charge on any atom is 0.336 e. The molecule has 0 bridgehead atoms. The van der Waals surface area contributed by atoms with Crippen LogP contribution in [0.4, 0.5) is 4.79 Å². The number of urea groups is 1. The summed E-state index contributed by atoms with van der Waals surface area (Å²) in [6.45, 7) is 4.41. The number of esters is 1. The van der Waals surface area contributed by atoms with Gasteiger partial charge in [-0.3, -0.25) is 10.1 Å².